The van der Waals surface area contributed by atoms with Gasteiger partial charge in [0, 0.05) is 0 Å². The van der Waals surface area contributed by atoms with Crippen LogP contribution in [0.1, 0.15) is 87.6 Å². The fourth-order valence-corrected chi connectivity index (χ4v) is 10.3. The molecule has 0 N–H and O–H groups in total. The summed E-state index contributed by atoms with van der Waals surface area (Å²) in [5.74, 6) is 1.93. The van der Waals surface area contributed by atoms with Gasteiger partial charge in [-0.25, -0.2) is 4.57 Å². The van der Waals surface area contributed by atoms with Crippen LogP contribution >= 0.6 is 7.82 Å². The van der Waals surface area contributed by atoms with Gasteiger partial charge in [-0.15, -0.1) is 0 Å². The maximum absolute atomic E-state index is 14.1. The van der Waals surface area contributed by atoms with Crippen LogP contribution in [0.5, 0.6) is 5.75 Å². The van der Waals surface area contributed by atoms with Crippen molar-refractivity contribution >= 4 is 7.82 Å². The maximum Gasteiger partial charge on any atom is 0.530 e. The predicted octanol–water partition coefficient (Wildman–Crippen LogP) is 9.97. The van der Waals surface area contributed by atoms with E-state index in [9.17, 15) is 4.57 Å². The summed E-state index contributed by atoms with van der Waals surface area (Å²) >= 11 is 0. The van der Waals surface area contributed by atoms with Crippen molar-refractivity contribution in [2.45, 2.75) is 91.8 Å². The molecule has 3 aromatic rings. The smallest absolute Gasteiger partial charge is 0.404 e. The summed E-state index contributed by atoms with van der Waals surface area (Å²) in [5, 5.41) is 0. The normalized spacial score (nSPS) is 28.4. The number of aryl methyl sites for hydroxylation is 1. The molecule has 0 radical (unpaired) electrons. The Bertz CT molecular complexity index is 1390. The fourth-order valence-electron chi connectivity index (χ4n) is 9.16. The monoisotopic (exact) mass is 572 g/mol. The molecule has 0 heterocycles. The van der Waals surface area contributed by atoms with Crippen molar-refractivity contribution in [1.29, 1.82) is 0 Å². The van der Waals surface area contributed by atoms with E-state index >= 15 is 0 Å². The standard InChI is InChI=1S/C36H45O4P/c1-26-21-30(40-41(37,38-24-27-13-8-6-9-14-27)39-25-28-15-10-7-11-16-28)22-29-23-32-35(4)19-12-18-34(2,3)31(35)17-20-36(32,5)33(26)29/h6-11,13-16,21-22,31-32H,12,17-20,23-25H2,1-5H3/t31-,32+,35-,36+/m0/s1. The lowest BCUT2D eigenvalue weighted by molar-refractivity contribution is -0.0983. The zero-order valence-electron chi connectivity index (χ0n) is 25.3. The van der Waals surface area contributed by atoms with Crippen LogP contribution in [0.4, 0.5) is 0 Å². The average molecular weight is 573 g/mol. The molecule has 0 aliphatic heterocycles. The van der Waals surface area contributed by atoms with Gasteiger partial charge in [-0.05, 0) is 107 Å². The first kappa shape index (κ1) is 28.7. The van der Waals surface area contributed by atoms with Crippen LogP contribution in [0.2, 0.25) is 0 Å². The summed E-state index contributed by atoms with van der Waals surface area (Å²) in [7, 11) is -3.92. The minimum atomic E-state index is -3.92. The molecule has 5 heteroatoms. The van der Waals surface area contributed by atoms with Crippen molar-refractivity contribution in [3.05, 3.63) is 101 Å². The lowest BCUT2D eigenvalue weighted by atomic mass is 9.43. The van der Waals surface area contributed by atoms with Crippen molar-refractivity contribution in [2.24, 2.45) is 22.7 Å². The molecule has 0 aromatic heterocycles. The third-order valence-electron chi connectivity index (χ3n) is 10.9. The Morgan fingerprint density at radius 1 is 0.805 bits per heavy atom. The molecule has 4 atom stereocenters. The molecule has 41 heavy (non-hydrogen) atoms. The Kier molecular flexibility index (Phi) is 7.50. The molecule has 2 saturated carbocycles. The number of fused-ring (bicyclic) bond motifs is 5. The Morgan fingerprint density at radius 3 is 2.02 bits per heavy atom. The van der Waals surface area contributed by atoms with Gasteiger partial charge in [-0.1, -0.05) is 94.8 Å². The molecule has 3 aliphatic carbocycles. The van der Waals surface area contributed by atoms with E-state index in [2.05, 4.69) is 46.8 Å². The number of phosphoric acid groups is 1. The summed E-state index contributed by atoms with van der Waals surface area (Å²) in [6.45, 7) is 12.6. The highest BCUT2D eigenvalue weighted by Crippen LogP contribution is 2.68. The molecular weight excluding hydrogens is 527 g/mol. The minimum Gasteiger partial charge on any atom is -0.404 e. The molecule has 3 aromatic carbocycles. The highest BCUT2D eigenvalue weighted by atomic mass is 31.2. The number of hydrogen-bond donors (Lipinski definition) is 0. The van der Waals surface area contributed by atoms with Gasteiger partial charge >= 0.3 is 7.82 Å². The van der Waals surface area contributed by atoms with E-state index in [1.807, 2.05) is 60.7 Å². The lowest BCUT2D eigenvalue weighted by Crippen LogP contribution is -2.55. The van der Waals surface area contributed by atoms with Gasteiger partial charge in [0.15, 0.2) is 0 Å². The number of rotatable bonds is 8. The van der Waals surface area contributed by atoms with Crippen molar-refractivity contribution in [3.8, 4) is 5.75 Å². The fraction of sp³-hybridized carbons (Fsp3) is 0.500. The van der Waals surface area contributed by atoms with Gasteiger partial charge < -0.3 is 4.52 Å². The van der Waals surface area contributed by atoms with E-state index in [1.165, 1.54) is 48.8 Å². The highest BCUT2D eigenvalue weighted by molar-refractivity contribution is 7.48. The van der Waals surface area contributed by atoms with Crippen LogP contribution in [-0.4, -0.2) is 0 Å². The van der Waals surface area contributed by atoms with Gasteiger partial charge in [0.1, 0.15) is 5.75 Å². The van der Waals surface area contributed by atoms with E-state index in [0.717, 1.165) is 23.5 Å². The van der Waals surface area contributed by atoms with Crippen LogP contribution in [0, 0.1) is 29.6 Å². The van der Waals surface area contributed by atoms with Crippen molar-refractivity contribution in [2.75, 3.05) is 0 Å². The topological polar surface area (TPSA) is 44.8 Å². The van der Waals surface area contributed by atoms with Crippen LogP contribution in [0.3, 0.4) is 0 Å². The van der Waals surface area contributed by atoms with Crippen molar-refractivity contribution < 1.29 is 18.1 Å². The zero-order chi connectivity index (χ0) is 28.9. The molecule has 0 saturated heterocycles. The van der Waals surface area contributed by atoms with Crippen LogP contribution in [0.15, 0.2) is 72.8 Å². The van der Waals surface area contributed by atoms with Crippen molar-refractivity contribution in [3.63, 3.8) is 0 Å². The largest absolute Gasteiger partial charge is 0.530 e. The summed E-state index contributed by atoms with van der Waals surface area (Å²) in [5.41, 5.74) is 6.77. The summed E-state index contributed by atoms with van der Waals surface area (Å²) < 4.78 is 32.2. The Morgan fingerprint density at radius 2 is 1.41 bits per heavy atom. The van der Waals surface area contributed by atoms with E-state index in [1.54, 1.807) is 0 Å². The summed E-state index contributed by atoms with van der Waals surface area (Å²) in [6.07, 6.45) is 7.54. The molecule has 2 fully saturated rings. The van der Waals surface area contributed by atoms with E-state index in [4.69, 9.17) is 13.6 Å². The second-order valence-corrected chi connectivity index (χ2v) is 15.5. The van der Waals surface area contributed by atoms with Gasteiger partial charge in [0.05, 0.1) is 13.2 Å². The second-order valence-electron chi connectivity index (χ2n) is 13.9. The van der Waals surface area contributed by atoms with E-state index < -0.39 is 7.82 Å². The molecule has 4 nitrogen and oxygen atoms in total. The van der Waals surface area contributed by atoms with Crippen molar-refractivity contribution in [1.82, 2.24) is 0 Å². The van der Waals surface area contributed by atoms with Crippen LogP contribution < -0.4 is 4.52 Å². The molecule has 218 valence electrons. The van der Waals surface area contributed by atoms with Gasteiger partial charge in [0.25, 0.3) is 0 Å². The van der Waals surface area contributed by atoms with Gasteiger partial charge in [-0.3, -0.25) is 9.05 Å². The van der Waals surface area contributed by atoms with E-state index in [-0.39, 0.29) is 18.6 Å². The first-order valence-electron chi connectivity index (χ1n) is 15.3. The highest BCUT2D eigenvalue weighted by Gasteiger charge is 2.61. The quantitative estimate of drug-likeness (QED) is 0.252. The SMILES string of the molecule is Cc1cc(OP(=O)(OCc2ccccc2)OCc2ccccc2)cc2c1[C@]1(C)CC[C@H]3C(C)(C)CCC[C@]3(C)[C@H]1C2. The summed E-state index contributed by atoms with van der Waals surface area (Å²) in [4.78, 5) is 0. The first-order valence-corrected chi connectivity index (χ1v) is 16.8. The molecule has 0 spiro atoms. The van der Waals surface area contributed by atoms with Gasteiger partial charge in [0.2, 0.25) is 0 Å². The van der Waals surface area contributed by atoms with E-state index in [0.29, 0.717) is 22.5 Å². The molecule has 0 unspecified atom stereocenters. The minimum absolute atomic E-state index is 0.145. The van der Waals surface area contributed by atoms with Gasteiger partial charge in [-0.2, -0.15) is 0 Å². The third-order valence-corrected chi connectivity index (χ3v) is 12.2. The lowest BCUT2D eigenvalue weighted by Gasteiger charge is -2.61. The number of phosphoric ester groups is 1. The number of hydrogen-bond acceptors (Lipinski definition) is 4. The Hall–Kier alpha value is -2.39. The molecular formula is C36H45O4P. The van der Waals surface area contributed by atoms with Crippen LogP contribution in [0.25, 0.3) is 0 Å². The molecule has 0 bridgehead atoms. The Balaban J connectivity index is 1.28. The Labute approximate surface area is 246 Å². The third kappa shape index (κ3) is 5.33. The second kappa shape index (κ2) is 10.7. The maximum atomic E-state index is 14.1. The number of benzene rings is 3. The van der Waals surface area contributed by atoms with Crippen LogP contribution in [-0.2, 0) is 38.7 Å². The molecule has 3 aliphatic rings. The predicted molar refractivity (Wildman–Crippen MR) is 165 cm³/mol. The molecule has 6 rings (SSSR count). The first-order chi connectivity index (χ1) is 19.5. The average Bonchev–Trinajstić information content (AvgIpc) is 3.25. The summed E-state index contributed by atoms with van der Waals surface area (Å²) in [6, 6.07) is 23.6. The molecule has 0 amide bonds. The zero-order valence-corrected chi connectivity index (χ0v) is 26.2.